The molecule has 6 heteroatoms. The zero-order valence-corrected chi connectivity index (χ0v) is 15.4. The van der Waals surface area contributed by atoms with E-state index in [9.17, 15) is 9.59 Å². The summed E-state index contributed by atoms with van der Waals surface area (Å²) in [5.74, 6) is 0.339. The molecule has 132 valence electrons. The first-order chi connectivity index (χ1) is 11.6. The smallest absolute Gasteiger partial charge is 0.236 e. The Bertz CT molecular complexity index is 575. The minimum absolute atomic E-state index is 0.167. The summed E-state index contributed by atoms with van der Waals surface area (Å²) in [4.78, 5) is 30.6. The van der Waals surface area contributed by atoms with Crippen LogP contribution in [-0.4, -0.2) is 65.3 Å². The van der Waals surface area contributed by atoms with Gasteiger partial charge in [0.1, 0.15) is 0 Å². The lowest BCUT2D eigenvalue weighted by Crippen LogP contribution is -2.50. The van der Waals surface area contributed by atoms with E-state index in [1.54, 1.807) is 18.3 Å². The molecule has 3 heterocycles. The van der Waals surface area contributed by atoms with E-state index < -0.39 is 0 Å². The minimum atomic E-state index is 0.167. The van der Waals surface area contributed by atoms with E-state index in [1.807, 2.05) is 22.2 Å². The van der Waals surface area contributed by atoms with Gasteiger partial charge in [0, 0.05) is 39.1 Å². The maximum atomic E-state index is 12.6. The summed E-state index contributed by atoms with van der Waals surface area (Å²) in [6.45, 7) is 4.63. The highest BCUT2D eigenvalue weighted by Crippen LogP contribution is 2.30. The number of rotatable bonds is 5. The zero-order valence-electron chi connectivity index (χ0n) is 14.6. The van der Waals surface area contributed by atoms with Crippen LogP contribution in [0.5, 0.6) is 0 Å². The molecule has 2 aliphatic heterocycles. The molecule has 2 saturated heterocycles. The largest absolute Gasteiger partial charge is 0.340 e. The fourth-order valence-electron chi connectivity index (χ4n) is 4.11. The van der Waals surface area contributed by atoms with E-state index in [-0.39, 0.29) is 11.8 Å². The Kier molecular flexibility index (Phi) is 5.56. The van der Waals surface area contributed by atoms with Crippen molar-refractivity contribution in [1.29, 1.82) is 0 Å². The summed E-state index contributed by atoms with van der Waals surface area (Å²) < 4.78 is 0. The van der Waals surface area contributed by atoms with Crippen molar-refractivity contribution in [2.45, 2.75) is 51.2 Å². The van der Waals surface area contributed by atoms with E-state index in [0.717, 1.165) is 38.8 Å². The monoisotopic (exact) mass is 349 g/mol. The van der Waals surface area contributed by atoms with Crippen molar-refractivity contribution in [1.82, 2.24) is 14.7 Å². The Balaban J connectivity index is 1.59. The highest BCUT2D eigenvalue weighted by molar-refractivity contribution is 7.07. The van der Waals surface area contributed by atoms with Crippen LogP contribution in [0.4, 0.5) is 0 Å². The number of hydrogen-bond donors (Lipinski definition) is 0. The van der Waals surface area contributed by atoms with Crippen molar-refractivity contribution in [3.63, 3.8) is 0 Å². The molecule has 0 saturated carbocycles. The van der Waals surface area contributed by atoms with Gasteiger partial charge in [-0.2, -0.15) is 11.3 Å². The molecule has 0 aromatic carbocycles. The Morgan fingerprint density at radius 2 is 2.00 bits per heavy atom. The Morgan fingerprint density at radius 3 is 2.71 bits per heavy atom. The van der Waals surface area contributed by atoms with Crippen molar-refractivity contribution in [2.75, 3.05) is 26.7 Å². The summed E-state index contributed by atoms with van der Waals surface area (Å²) >= 11 is 1.66. The summed E-state index contributed by atoms with van der Waals surface area (Å²) in [7, 11) is 1.88. The van der Waals surface area contributed by atoms with Gasteiger partial charge in [-0.3, -0.25) is 14.5 Å². The van der Waals surface area contributed by atoms with Crippen molar-refractivity contribution in [2.24, 2.45) is 0 Å². The third-order valence-electron chi connectivity index (χ3n) is 5.33. The highest BCUT2D eigenvalue weighted by atomic mass is 32.1. The average Bonchev–Trinajstić information content (AvgIpc) is 3.27. The van der Waals surface area contributed by atoms with Gasteiger partial charge >= 0.3 is 0 Å². The van der Waals surface area contributed by atoms with Gasteiger partial charge in [-0.05, 0) is 54.6 Å². The standard InChI is InChI=1S/C18H27N3O2S/c1-14(22)21-9-4-6-17(21)16-5-3-8-20(16)12-18(23)19(2)11-15-7-10-24-13-15/h7,10,13,16-17H,3-6,8-9,11-12H2,1-2H3/t16-,17-/m1/s1. The molecule has 2 amide bonds. The van der Waals surface area contributed by atoms with Gasteiger partial charge in [0.2, 0.25) is 11.8 Å². The topological polar surface area (TPSA) is 43.9 Å². The van der Waals surface area contributed by atoms with Crippen LogP contribution in [0.2, 0.25) is 0 Å². The third-order valence-corrected chi connectivity index (χ3v) is 6.06. The lowest BCUT2D eigenvalue weighted by atomic mass is 10.0. The maximum Gasteiger partial charge on any atom is 0.236 e. The van der Waals surface area contributed by atoms with Crippen LogP contribution in [0.25, 0.3) is 0 Å². The van der Waals surface area contributed by atoms with Crippen LogP contribution in [0.3, 0.4) is 0 Å². The van der Waals surface area contributed by atoms with Crippen molar-refractivity contribution in [3.05, 3.63) is 22.4 Å². The summed E-state index contributed by atoms with van der Waals surface area (Å²) in [6, 6.07) is 2.70. The Hall–Kier alpha value is -1.40. The predicted octanol–water partition coefficient (Wildman–Crippen LogP) is 2.18. The molecule has 1 aromatic heterocycles. The summed E-state index contributed by atoms with van der Waals surface area (Å²) in [6.07, 6.45) is 4.37. The number of likely N-dealkylation sites (tertiary alicyclic amines) is 2. The molecule has 0 unspecified atom stereocenters. The second-order valence-corrected chi connectivity index (χ2v) is 7.76. The van der Waals surface area contributed by atoms with Crippen molar-refractivity contribution >= 4 is 23.2 Å². The summed E-state index contributed by atoms with van der Waals surface area (Å²) in [5.41, 5.74) is 1.19. The lowest BCUT2D eigenvalue weighted by Gasteiger charge is -2.35. The number of hydrogen-bond acceptors (Lipinski definition) is 4. The maximum absolute atomic E-state index is 12.6. The fourth-order valence-corrected chi connectivity index (χ4v) is 4.77. The average molecular weight is 350 g/mol. The van der Waals surface area contributed by atoms with Crippen LogP contribution in [0.15, 0.2) is 16.8 Å². The zero-order chi connectivity index (χ0) is 17.1. The fraction of sp³-hybridized carbons (Fsp3) is 0.667. The van der Waals surface area contributed by atoms with E-state index in [1.165, 1.54) is 5.56 Å². The molecular weight excluding hydrogens is 322 g/mol. The molecule has 0 aliphatic carbocycles. The normalized spacial score (nSPS) is 24.5. The number of carbonyl (C=O) groups excluding carboxylic acids is 2. The molecule has 2 atom stereocenters. The lowest BCUT2D eigenvalue weighted by molar-refractivity contribution is -0.133. The molecule has 0 spiro atoms. The molecule has 0 radical (unpaired) electrons. The van der Waals surface area contributed by atoms with Crippen LogP contribution in [0.1, 0.15) is 38.2 Å². The number of amides is 2. The molecule has 3 rings (SSSR count). The molecule has 0 bridgehead atoms. The van der Waals surface area contributed by atoms with Gasteiger partial charge in [-0.1, -0.05) is 0 Å². The van der Waals surface area contributed by atoms with Crippen LogP contribution in [0, 0.1) is 0 Å². The van der Waals surface area contributed by atoms with Crippen molar-refractivity contribution in [3.8, 4) is 0 Å². The SMILES string of the molecule is CC(=O)N1CCC[C@@H]1[C@H]1CCCN1CC(=O)N(C)Cc1ccsc1. The molecule has 1 aromatic rings. The van der Waals surface area contributed by atoms with Gasteiger partial charge in [-0.25, -0.2) is 0 Å². The number of nitrogens with zero attached hydrogens (tertiary/aromatic N) is 3. The van der Waals surface area contributed by atoms with Crippen LogP contribution < -0.4 is 0 Å². The van der Waals surface area contributed by atoms with Crippen LogP contribution >= 0.6 is 11.3 Å². The summed E-state index contributed by atoms with van der Waals surface area (Å²) in [5, 5.41) is 4.13. The van der Waals surface area contributed by atoms with Gasteiger partial charge in [-0.15, -0.1) is 0 Å². The first kappa shape index (κ1) is 17.4. The second-order valence-electron chi connectivity index (χ2n) is 6.98. The molecule has 2 fully saturated rings. The molecule has 24 heavy (non-hydrogen) atoms. The van der Waals surface area contributed by atoms with Gasteiger partial charge in [0.15, 0.2) is 0 Å². The highest BCUT2D eigenvalue weighted by Gasteiger charge is 2.39. The van der Waals surface area contributed by atoms with E-state index >= 15 is 0 Å². The number of thiophene rings is 1. The molecule has 5 nitrogen and oxygen atoms in total. The Morgan fingerprint density at radius 1 is 1.25 bits per heavy atom. The third kappa shape index (κ3) is 3.81. The van der Waals surface area contributed by atoms with E-state index in [0.29, 0.717) is 25.2 Å². The second kappa shape index (κ2) is 7.66. The number of carbonyl (C=O) groups is 2. The first-order valence-electron chi connectivity index (χ1n) is 8.82. The van der Waals surface area contributed by atoms with E-state index in [2.05, 4.69) is 16.3 Å². The van der Waals surface area contributed by atoms with E-state index in [4.69, 9.17) is 0 Å². The molecule has 2 aliphatic rings. The van der Waals surface area contributed by atoms with Crippen molar-refractivity contribution < 1.29 is 9.59 Å². The van der Waals surface area contributed by atoms with Crippen LogP contribution in [-0.2, 0) is 16.1 Å². The molecular formula is C18H27N3O2S. The van der Waals surface area contributed by atoms with Gasteiger partial charge < -0.3 is 9.80 Å². The molecule has 0 N–H and O–H groups in total. The minimum Gasteiger partial charge on any atom is -0.340 e. The van der Waals surface area contributed by atoms with Gasteiger partial charge in [0.05, 0.1) is 6.54 Å². The predicted molar refractivity (Wildman–Crippen MR) is 95.8 cm³/mol. The Labute approximate surface area is 148 Å². The number of likely N-dealkylation sites (N-methyl/N-ethyl adjacent to an activating group) is 1. The quantitative estimate of drug-likeness (QED) is 0.818. The van der Waals surface area contributed by atoms with Gasteiger partial charge in [0.25, 0.3) is 0 Å². The first-order valence-corrected chi connectivity index (χ1v) is 9.77.